The number of fused-ring (bicyclic) bond motifs is 1. The lowest BCUT2D eigenvalue weighted by Gasteiger charge is -2.37. The second-order valence-corrected chi connectivity index (χ2v) is 8.19. The van der Waals surface area contributed by atoms with E-state index in [1.54, 1.807) is 0 Å². The van der Waals surface area contributed by atoms with Crippen molar-refractivity contribution in [1.82, 2.24) is 24.7 Å². The van der Waals surface area contributed by atoms with E-state index in [1.807, 2.05) is 14.0 Å². The summed E-state index contributed by atoms with van der Waals surface area (Å²) in [5, 5.41) is 3.18. The summed E-state index contributed by atoms with van der Waals surface area (Å²) in [6.45, 7) is 5.92. The van der Waals surface area contributed by atoms with Gasteiger partial charge in [0.25, 0.3) is 0 Å². The highest BCUT2D eigenvalue weighted by molar-refractivity contribution is 5.82. The van der Waals surface area contributed by atoms with Gasteiger partial charge in [-0.2, -0.15) is 0 Å². The molecule has 146 valence electrons. The lowest BCUT2D eigenvalue weighted by Crippen LogP contribution is -2.50. The van der Waals surface area contributed by atoms with Crippen molar-refractivity contribution in [3.8, 4) is 0 Å². The predicted molar refractivity (Wildman–Crippen MR) is 108 cm³/mol. The Bertz CT molecular complexity index is 821. The van der Waals surface area contributed by atoms with Gasteiger partial charge in [-0.15, -0.1) is 0 Å². The summed E-state index contributed by atoms with van der Waals surface area (Å²) in [5.41, 5.74) is 3.24. The molecule has 1 atom stereocenters. The molecule has 6 heteroatoms. The van der Waals surface area contributed by atoms with Crippen LogP contribution < -0.4 is 5.32 Å². The Labute approximate surface area is 161 Å². The summed E-state index contributed by atoms with van der Waals surface area (Å²) in [7, 11) is 4.22. The van der Waals surface area contributed by atoms with Crippen molar-refractivity contribution in [3.63, 3.8) is 0 Å². The Kier molecular flexibility index (Phi) is 5.19. The second-order valence-electron chi connectivity index (χ2n) is 8.19. The minimum atomic E-state index is 0.0410. The molecule has 2 aliphatic heterocycles. The van der Waals surface area contributed by atoms with Crippen LogP contribution in [-0.2, 0) is 18.4 Å². The standard InChI is InChI=1S/C21H31N5O/c1-15-23-18-13-16(6-7-19(18)25(15)3)14-22-21(27)20-5-4-10-26(20)17-8-11-24(2)12-9-17/h6-7,13,17,20H,4-5,8-12,14H2,1-3H3,(H,22,27). The predicted octanol–water partition coefficient (Wildman–Crippen LogP) is 2.06. The maximum atomic E-state index is 12.9. The highest BCUT2D eigenvalue weighted by atomic mass is 16.2. The summed E-state index contributed by atoms with van der Waals surface area (Å²) in [4.78, 5) is 22.3. The van der Waals surface area contributed by atoms with Crippen LogP contribution in [0.1, 0.15) is 37.1 Å². The molecule has 1 N–H and O–H groups in total. The van der Waals surface area contributed by atoms with E-state index in [9.17, 15) is 4.79 Å². The molecule has 2 aliphatic rings. The number of nitrogens with zero attached hydrogens (tertiary/aromatic N) is 4. The molecule has 27 heavy (non-hydrogen) atoms. The second kappa shape index (κ2) is 7.60. The first-order valence-electron chi connectivity index (χ1n) is 10.2. The SMILES string of the molecule is Cc1nc2cc(CNC(=O)C3CCCN3C3CCN(C)CC3)ccc2n1C. The van der Waals surface area contributed by atoms with Crippen molar-refractivity contribution in [2.45, 2.75) is 51.2 Å². The van der Waals surface area contributed by atoms with Crippen molar-refractivity contribution in [2.24, 2.45) is 7.05 Å². The Morgan fingerprint density at radius 2 is 1.96 bits per heavy atom. The smallest absolute Gasteiger partial charge is 0.237 e. The van der Waals surface area contributed by atoms with Crippen LogP contribution in [0.3, 0.4) is 0 Å². The van der Waals surface area contributed by atoms with Gasteiger partial charge < -0.3 is 14.8 Å². The molecule has 0 saturated carbocycles. The number of imidazole rings is 1. The fourth-order valence-electron chi connectivity index (χ4n) is 4.62. The summed E-state index contributed by atoms with van der Waals surface area (Å²) in [5.74, 6) is 1.19. The molecule has 1 amide bonds. The molecule has 0 bridgehead atoms. The topological polar surface area (TPSA) is 53.4 Å². The van der Waals surface area contributed by atoms with Gasteiger partial charge in [-0.1, -0.05) is 6.07 Å². The molecule has 6 nitrogen and oxygen atoms in total. The first kappa shape index (κ1) is 18.4. The average Bonchev–Trinajstić information content (AvgIpc) is 3.26. The lowest BCUT2D eigenvalue weighted by molar-refractivity contribution is -0.126. The number of likely N-dealkylation sites (tertiary alicyclic amines) is 2. The molecule has 0 aliphatic carbocycles. The number of hydrogen-bond donors (Lipinski definition) is 1. The largest absolute Gasteiger partial charge is 0.351 e. The maximum Gasteiger partial charge on any atom is 0.237 e. The Morgan fingerprint density at radius 3 is 2.74 bits per heavy atom. The third-order valence-electron chi connectivity index (χ3n) is 6.39. The van der Waals surface area contributed by atoms with E-state index in [1.165, 1.54) is 12.8 Å². The zero-order valence-electron chi connectivity index (χ0n) is 16.7. The monoisotopic (exact) mass is 369 g/mol. The van der Waals surface area contributed by atoms with Crippen LogP contribution >= 0.6 is 0 Å². The van der Waals surface area contributed by atoms with Gasteiger partial charge in [-0.25, -0.2) is 4.98 Å². The van der Waals surface area contributed by atoms with Gasteiger partial charge in [-0.3, -0.25) is 9.69 Å². The Balaban J connectivity index is 1.38. The highest BCUT2D eigenvalue weighted by Crippen LogP contribution is 2.26. The molecule has 2 aromatic rings. The number of hydrogen-bond acceptors (Lipinski definition) is 4. The van der Waals surface area contributed by atoms with Gasteiger partial charge in [0, 0.05) is 19.6 Å². The molecule has 0 radical (unpaired) electrons. The van der Waals surface area contributed by atoms with Crippen molar-refractivity contribution in [3.05, 3.63) is 29.6 Å². The van der Waals surface area contributed by atoms with E-state index in [2.05, 4.69) is 49.9 Å². The number of carbonyl (C=O) groups excluding carboxylic acids is 1. The van der Waals surface area contributed by atoms with Crippen molar-refractivity contribution in [1.29, 1.82) is 0 Å². The van der Waals surface area contributed by atoms with Gasteiger partial charge in [0.2, 0.25) is 5.91 Å². The van der Waals surface area contributed by atoms with E-state index in [-0.39, 0.29) is 11.9 Å². The summed E-state index contributed by atoms with van der Waals surface area (Å²) < 4.78 is 2.09. The number of piperidine rings is 1. The summed E-state index contributed by atoms with van der Waals surface area (Å²) >= 11 is 0. The lowest BCUT2D eigenvalue weighted by atomic mass is 10.0. The average molecular weight is 370 g/mol. The Morgan fingerprint density at radius 1 is 1.19 bits per heavy atom. The minimum absolute atomic E-state index is 0.0410. The molecule has 1 aromatic carbocycles. The fraction of sp³-hybridized carbons (Fsp3) is 0.619. The van der Waals surface area contributed by atoms with Gasteiger partial charge in [0.15, 0.2) is 0 Å². The number of aromatic nitrogens is 2. The van der Waals surface area contributed by atoms with Gasteiger partial charge in [0.1, 0.15) is 5.82 Å². The molecule has 0 spiro atoms. The quantitative estimate of drug-likeness (QED) is 0.896. The van der Waals surface area contributed by atoms with Gasteiger partial charge in [0.05, 0.1) is 17.1 Å². The van der Waals surface area contributed by atoms with Gasteiger partial charge >= 0.3 is 0 Å². The number of rotatable bonds is 4. The fourth-order valence-corrected chi connectivity index (χ4v) is 4.62. The molecular formula is C21H31N5O. The zero-order valence-corrected chi connectivity index (χ0v) is 16.7. The molecule has 3 heterocycles. The third kappa shape index (κ3) is 3.73. The number of benzene rings is 1. The van der Waals surface area contributed by atoms with Crippen molar-refractivity contribution < 1.29 is 4.79 Å². The molecule has 1 unspecified atom stereocenters. The Hall–Kier alpha value is -1.92. The maximum absolute atomic E-state index is 12.9. The zero-order chi connectivity index (χ0) is 19.0. The van der Waals surface area contributed by atoms with E-state index in [0.717, 1.165) is 54.9 Å². The minimum Gasteiger partial charge on any atom is -0.351 e. The van der Waals surface area contributed by atoms with E-state index >= 15 is 0 Å². The number of nitrogens with one attached hydrogen (secondary N) is 1. The van der Waals surface area contributed by atoms with Crippen LogP contribution in [0.4, 0.5) is 0 Å². The van der Waals surface area contributed by atoms with E-state index < -0.39 is 0 Å². The van der Waals surface area contributed by atoms with Crippen molar-refractivity contribution in [2.75, 3.05) is 26.7 Å². The molecule has 4 rings (SSSR count). The summed E-state index contributed by atoms with van der Waals surface area (Å²) in [6, 6.07) is 6.88. The van der Waals surface area contributed by atoms with Crippen LogP contribution in [0.15, 0.2) is 18.2 Å². The van der Waals surface area contributed by atoms with Crippen LogP contribution in [0.2, 0.25) is 0 Å². The normalized spacial score (nSPS) is 22.6. The third-order valence-corrected chi connectivity index (χ3v) is 6.39. The first-order valence-corrected chi connectivity index (χ1v) is 10.2. The van der Waals surface area contributed by atoms with Crippen molar-refractivity contribution >= 4 is 16.9 Å². The number of amides is 1. The van der Waals surface area contributed by atoms with E-state index in [4.69, 9.17) is 0 Å². The number of aryl methyl sites for hydroxylation is 2. The summed E-state index contributed by atoms with van der Waals surface area (Å²) in [6.07, 6.45) is 4.46. The first-order chi connectivity index (χ1) is 13.0. The van der Waals surface area contributed by atoms with Crippen LogP contribution in [0.25, 0.3) is 11.0 Å². The van der Waals surface area contributed by atoms with Crippen LogP contribution in [0.5, 0.6) is 0 Å². The van der Waals surface area contributed by atoms with Crippen LogP contribution in [0, 0.1) is 6.92 Å². The number of carbonyl (C=O) groups is 1. The highest BCUT2D eigenvalue weighted by Gasteiger charge is 2.36. The molecule has 2 fully saturated rings. The molecule has 2 saturated heterocycles. The molecular weight excluding hydrogens is 338 g/mol. The van der Waals surface area contributed by atoms with Gasteiger partial charge in [-0.05, 0) is 77.0 Å². The molecule has 1 aromatic heterocycles. The van der Waals surface area contributed by atoms with Crippen LogP contribution in [-0.4, -0.2) is 64.0 Å². The van der Waals surface area contributed by atoms with E-state index in [0.29, 0.717) is 12.6 Å².